The van der Waals surface area contributed by atoms with Crippen molar-refractivity contribution in [1.29, 1.82) is 0 Å². The molecule has 1 saturated heterocycles. The molecular weight excluding hydrogens is 266 g/mol. The van der Waals surface area contributed by atoms with E-state index in [4.69, 9.17) is 4.74 Å². The van der Waals surface area contributed by atoms with Crippen molar-refractivity contribution in [2.75, 3.05) is 32.3 Å². The Labute approximate surface area is 115 Å². The Hall–Kier alpha value is -2.22. The van der Waals surface area contributed by atoms with Crippen LogP contribution in [0, 0.1) is 10.1 Å². The molecule has 0 N–H and O–H groups in total. The molecule has 0 aliphatic carbocycles. The largest absolute Gasteiger partial charge is 0.464 e. The number of pyridine rings is 1. The summed E-state index contributed by atoms with van der Waals surface area (Å²) in [6.07, 6.45) is 0.762. The highest BCUT2D eigenvalue weighted by Gasteiger charge is 2.28. The number of likely N-dealkylation sites (N-methyl/N-ethyl adjacent to an activating group) is 1. The third kappa shape index (κ3) is 2.69. The second kappa shape index (κ2) is 5.83. The maximum Gasteiger partial charge on any atom is 0.356 e. The van der Waals surface area contributed by atoms with Crippen molar-refractivity contribution in [3.63, 3.8) is 0 Å². The van der Waals surface area contributed by atoms with E-state index < -0.39 is 10.9 Å². The number of carbonyl (C=O) groups excluding carboxylic acids is 1. The van der Waals surface area contributed by atoms with Crippen LogP contribution < -0.4 is 4.90 Å². The third-order valence-corrected chi connectivity index (χ3v) is 3.23. The Morgan fingerprint density at radius 3 is 2.90 bits per heavy atom. The SMILES string of the molecule is COC(=O)c1ccc([N+](=O)[O-])c(N(C)C2CCOC2)n1. The molecule has 1 unspecified atom stereocenters. The number of aromatic nitrogens is 1. The molecule has 20 heavy (non-hydrogen) atoms. The van der Waals surface area contributed by atoms with Gasteiger partial charge >= 0.3 is 11.7 Å². The van der Waals surface area contributed by atoms with Gasteiger partial charge in [0.1, 0.15) is 0 Å². The highest BCUT2D eigenvalue weighted by Crippen LogP contribution is 2.28. The minimum absolute atomic E-state index is 0.00842. The van der Waals surface area contributed by atoms with E-state index >= 15 is 0 Å². The van der Waals surface area contributed by atoms with Crippen LogP contribution in [0.5, 0.6) is 0 Å². The van der Waals surface area contributed by atoms with Gasteiger partial charge in [0, 0.05) is 19.7 Å². The molecule has 8 heteroatoms. The summed E-state index contributed by atoms with van der Waals surface area (Å²) in [6.45, 7) is 1.09. The first-order chi connectivity index (χ1) is 9.54. The number of esters is 1. The van der Waals surface area contributed by atoms with Crippen molar-refractivity contribution < 1.29 is 19.2 Å². The van der Waals surface area contributed by atoms with Crippen molar-refractivity contribution in [2.45, 2.75) is 12.5 Å². The van der Waals surface area contributed by atoms with Gasteiger partial charge in [-0.3, -0.25) is 10.1 Å². The van der Waals surface area contributed by atoms with Crippen LogP contribution in [0.3, 0.4) is 0 Å². The fraction of sp³-hybridized carbons (Fsp3) is 0.500. The molecule has 0 bridgehead atoms. The van der Waals surface area contributed by atoms with Crippen molar-refractivity contribution in [3.05, 3.63) is 27.9 Å². The Kier molecular flexibility index (Phi) is 4.14. The lowest BCUT2D eigenvalue weighted by molar-refractivity contribution is -0.384. The standard InChI is InChI=1S/C12H15N3O5/c1-14(8-5-6-20-7-8)11-10(15(17)18)4-3-9(13-11)12(16)19-2/h3-4,8H,5-7H2,1-2H3. The zero-order chi connectivity index (χ0) is 14.7. The van der Waals surface area contributed by atoms with E-state index in [2.05, 4.69) is 9.72 Å². The topological polar surface area (TPSA) is 94.8 Å². The number of nitro groups is 1. The number of methoxy groups -OCH3 is 1. The zero-order valence-corrected chi connectivity index (χ0v) is 11.2. The van der Waals surface area contributed by atoms with E-state index in [1.165, 1.54) is 19.2 Å². The maximum absolute atomic E-state index is 11.5. The smallest absolute Gasteiger partial charge is 0.356 e. The summed E-state index contributed by atoms with van der Waals surface area (Å²) in [5.74, 6) is -0.481. The molecule has 2 rings (SSSR count). The van der Waals surface area contributed by atoms with Gasteiger partial charge in [0.2, 0.25) is 5.82 Å². The molecule has 0 radical (unpaired) electrons. The summed E-state index contributed by atoms with van der Waals surface area (Å²) >= 11 is 0. The normalized spacial score (nSPS) is 17.8. The molecule has 1 fully saturated rings. The number of nitrogens with zero attached hydrogens (tertiary/aromatic N) is 3. The molecule has 1 atom stereocenters. The molecule has 108 valence electrons. The second-order valence-electron chi connectivity index (χ2n) is 4.42. The van der Waals surface area contributed by atoms with Crippen molar-refractivity contribution in [2.24, 2.45) is 0 Å². The molecule has 0 amide bonds. The highest BCUT2D eigenvalue weighted by atomic mass is 16.6. The van der Waals surface area contributed by atoms with Gasteiger partial charge in [0.25, 0.3) is 0 Å². The van der Waals surface area contributed by atoms with Crippen molar-refractivity contribution in [1.82, 2.24) is 4.98 Å². The molecule has 1 aliphatic rings. The average Bonchev–Trinajstić information content (AvgIpc) is 2.99. The van der Waals surface area contributed by atoms with Gasteiger partial charge in [-0.25, -0.2) is 9.78 Å². The van der Waals surface area contributed by atoms with Crippen LogP contribution in [0.2, 0.25) is 0 Å². The minimum Gasteiger partial charge on any atom is -0.464 e. The first kappa shape index (κ1) is 14.2. The molecule has 8 nitrogen and oxygen atoms in total. The van der Waals surface area contributed by atoms with Gasteiger partial charge in [-0.2, -0.15) is 0 Å². The second-order valence-corrected chi connectivity index (χ2v) is 4.42. The molecule has 0 spiro atoms. The van der Waals surface area contributed by atoms with Crippen LogP contribution in [-0.2, 0) is 9.47 Å². The number of hydrogen-bond acceptors (Lipinski definition) is 7. The van der Waals surface area contributed by atoms with Crippen molar-refractivity contribution >= 4 is 17.5 Å². The lowest BCUT2D eigenvalue weighted by atomic mass is 10.2. The van der Waals surface area contributed by atoms with Crippen molar-refractivity contribution in [3.8, 4) is 0 Å². The van der Waals surface area contributed by atoms with Crippen LogP contribution in [0.1, 0.15) is 16.9 Å². The van der Waals surface area contributed by atoms with Gasteiger partial charge in [0.05, 0.1) is 24.7 Å². The summed E-state index contributed by atoms with van der Waals surface area (Å²) in [6, 6.07) is 2.56. The predicted octanol–water partition coefficient (Wildman–Crippen LogP) is 1.00. The summed E-state index contributed by atoms with van der Waals surface area (Å²) in [5.41, 5.74) is -0.106. The molecule has 1 aromatic heterocycles. The Morgan fingerprint density at radius 2 is 2.35 bits per heavy atom. The van der Waals surface area contributed by atoms with Crippen LogP contribution in [0.25, 0.3) is 0 Å². The van der Waals surface area contributed by atoms with E-state index in [-0.39, 0.29) is 23.2 Å². The van der Waals surface area contributed by atoms with Gasteiger partial charge in [-0.15, -0.1) is 0 Å². The molecule has 0 saturated carbocycles. The van der Waals surface area contributed by atoms with E-state index in [9.17, 15) is 14.9 Å². The monoisotopic (exact) mass is 281 g/mol. The quantitative estimate of drug-likeness (QED) is 0.461. The summed E-state index contributed by atoms with van der Waals surface area (Å²) < 4.78 is 9.85. The average molecular weight is 281 g/mol. The maximum atomic E-state index is 11.5. The minimum atomic E-state index is -0.628. The lowest BCUT2D eigenvalue weighted by Crippen LogP contribution is -2.33. The van der Waals surface area contributed by atoms with E-state index in [0.29, 0.717) is 13.2 Å². The van der Waals surface area contributed by atoms with Crippen LogP contribution in [0.15, 0.2) is 12.1 Å². The van der Waals surface area contributed by atoms with Gasteiger partial charge in [-0.1, -0.05) is 0 Å². The highest BCUT2D eigenvalue weighted by molar-refractivity contribution is 5.88. The molecule has 1 aliphatic heterocycles. The van der Waals surface area contributed by atoms with Crippen LogP contribution >= 0.6 is 0 Å². The Bertz CT molecular complexity index is 528. The first-order valence-electron chi connectivity index (χ1n) is 6.09. The summed E-state index contributed by atoms with van der Waals surface area (Å²) in [5, 5.41) is 11.1. The first-order valence-corrected chi connectivity index (χ1v) is 6.09. The number of ether oxygens (including phenoxy) is 2. The molecule has 2 heterocycles. The van der Waals surface area contributed by atoms with Crippen LogP contribution in [-0.4, -0.2) is 49.3 Å². The predicted molar refractivity (Wildman–Crippen MR) is 69.9 cm³/mol. The van der Waals surface area contributed by atoms with E-state index in [0.717, 1.165) is 6.42 Å². The Morgan fingerprint density at radius 1 is 1.60 bits per heavy atom. The number of anilines is 1. The number of hydrogen-bond donors (Lipinski definition) is 0. The molecule has 1 aromatic rings. The fourth-order valence-corrected chi connectivity index (χ4v) is 2.06. The molecular formula is C12H15N3O5. The summed E-state index contributed by atoms with van der Waals surface area (Å²) in [4.78, 5) is 27.8. The van der Waals surface area contributed by atoms with Crippen LogP contribution in [0.4, 0.5) is 11.5 Å². The van der Waals surface area contributed by atoms with Gasteiger partial charge < -0.3 is 14.4 Å². The number of carbonyl (C=O) groups is 1. The van der Waals surface area contributed by atoms with E-state index in [1.54, 1.807) is 11.9 Å². The lowest BCUT2D eigenvalue weighted by Gasteiger charge is -2.24. The summed E-state index contributed by atoms with van der Waals surface area (Å²) in [7, 11) is 2.94. The van der Waals surface area contributed by atoms with Gasteiger partial charge in [-0.05, 0) is 12.5 Å². The molecule has 0 aromatic carbocycles. The number of rotatable bonds is 4. The third-order valence-electron chi connectivity index (χ3n) is 3.23. The zero-order valence-electron chi connectivity index (χ0n) is 11.2. The Balaban J connectivity index is 2.40. The fourth-order valence-electron chi connectivity index (χ4n) is 2.06. The van der Waals surface area contributed by atoms with Gasteiger partial charge in [0.15, 0.2) is 5.69 Å². The van der Waals surface area contributed by atoms with E-state index in [1.807, 2.05) is 0 Å².